The molecule has 3 heterocycles. The van der Waals surface area contributed by atoms with E-state index in [2.05, 4.69) is 26.8 Å². The number of rotatable bonds is 10. The van der Waals surface area contributed by atoms with Crippen LogP contribution in [0.5, 0.6) is 17.2 Å². The van der Waals surface area contributed by atoms with E-state index in [0.717, 1.165) is 54.8 Å². The van der Waals surface area contributed by atoms with Gasteiger partial charge < -0.3 is 28.4 Å². The van der Waals surface area contributed by atoms with Crippen molar-refractivity contribution in [1.82, 2.24) is 0 Å². The van der Waals surface area contributed by atoms with Crippen molar-refractivity contribution in [2.75, 3.05) is 39.6 Å². The van der Waals surface area contributed by atoms with Crippen molar-refractivity contribution < 1.29 is 28.4 Å². The van der Waals surface area contributed by atoms with Gasteiger partial charge in [0, 0.05) is 22.6 Å². The molecule has 7 fully saturated rings. The number of hydrogen-bond acceptors (Lipinski definition) is 6. The van der Waals surface area contributed by atoms with Crippen molar-refractivity contribution in [1.29, 1.82) is 0 Å². The maximum atomic E-state index is 6.79. The van der Waals surface area contributed by atoms with Gasteiger partial charge in [0.05, 0.1) is 19.8 Å². The normalized spacial score (nSPS) is 38.4. The molecule has 3 atom stereocenters. The van der Waals surface area contributed by atoms with Crippen LogP contribution in [0.2, 0.25) is 0 Å². The summed E-state index contributed by atoms with van der Waals surface area (Å²) in [5.74, 6) is 5.34. The smallest absolute Gasteiger partial charge is 0.134 e. The summed E-state index contributed by atoms with van der Waals surface area (Å²) in [6.45, 7) is 10.9. The van der Waals surface area contributed by atoms with Crippen LogP contribution in [-0.2, 0) is 25.0 Å². The van der Waals surface area contributed by atoms with Crippen LogP contribution in [0.15, 0.2) is 6.07 Å². The predicted molar refractivity (Wildman–Crippen MR) is 131 cm³/mol. The molecule has 4 aliphatic carbocycles. The molecule has 1 aromatic rings. The summed E-state index contributed by atoms with van der Waals surface area (Å²) in [4.78, 5) is 0. The van der Waals surface area contributed by atoms with E-state index in [0.29, 0.717) is 19.8 Å². The summed E-state index contributed by atoms with van der Waals surface area (Å²) in [5.41, 5.74) is 2.47. The molecule has 192 valence electrons. The predicted octanol–water partition coefficient (Wildman–Crippen LogP) is 4.78. The Morgan fingerprint density at radius 2 is 1.20 bits per heavy atom. The summed E-state index contributed by atoms with van der Waals surface area (Å²) in [5, 5.41) is 0. The largest absolute Gasteiger partial charge is 0.490 e. The molecule has 3 unspecified atom stereocenters. The summed E-state index contributed by atoms with van der Waals surface area (Å²) in [7, 11) is 0. The van der Waals surface area contributed by atoms with Gasteiger partial charge in [-0.2, -0.15) is 0 Å². The minimum Gasteiger partial charge on any atom is -0.490 e. The van der Waals surface area contributed by atoms with Gasteiger partial charge in [-0.3, -0.25) is 0 Å². The minimum atomic E-state index is -0.144. The van der Waals surface area contributed by atoms with Crippen molar-refractivity contribution in [3.8, 4) is 17.2 Å². The minimum absolute atomic E-state index is 0.131. The molecular weight excluding hydrogens is 444 g/mol. The van der Waals surface area contributed by atoms with Crippen LogP contribution < -0.4 is 14.2 Å². The number of epoxide rings is 3. The lowest BCUT2D eigenvalue weighted by Gasteiger charge is -2.57. The molecule has 8 rings (SSSR count). The Balaban J connectivity index is 1.37. The summed E-state index contributed by atoms with van der Waals surface area (Å²) < 4.78 is 36.4. The van der Waals surface area contributed by atoms with Crippen LogP contribution in [0, 0.1) is 17.8 Å². The van der Waals surface area contributed by atoms with Crippen molar-refractivity contribution in [2.24, 2.45) is 17.8 Å². The fourth-order valence-electron chi connectivity index (χ4n) is 7.65. The summed E-state index contributed by atoms with van der Waals surface area (Å²) in [6, 6.07) is 2.18. The van der Waals surface area contributed by atoms with Gasteiger partial charge in [-0.25, -0.2) is 0 Å². The highest BCUT2D eigenvalue weighted by Crippen LogP contribution is 2.64. The standard InChI is InChI=1S/C29H40O6/c1-28(2,3)25-23(33-14-20-11-30-20)7-24(34-15-21-12-31-21)26(27(25)35-16-22-13-32-22)29-8-17-4-18(9-29)6-19(5-17)10-29/h7,17-22H,4-6,8-16H2,1-3H3. The SMILES string of the molecule is CC(C)(C)c1c(OCC2CO2)cc(OCC2CO2)c(C23CC4CC(CC(C4)C2)C3)c1OCC1CO1. The quantitative estimate of drug-likeness (QED) is 0.445. The maximum absolute atomic E-state index is 6.79. The third-order valence-electron chi connectivity index (χ3n) is 9.00. The number of hydrogen-bond donors (Lipinski definition) is 0. The van der Waals surface area contributed by atoms with Gasteiger partial charge in [-0.15, -0.1) is 0 Å². The Labute approximate surface area is 208 Å². The molecule has 6 nitrogen and oxygen atoms in total. The molecule has 0 spiro atoms. The second-order valence-corrected chi connectivity index (χ2v) is 13.2. The fraction of sp³-hybridized carbons (Fsp3) is 0.793. The molecule has 3 saturated heterocycles. The molecule has 35 heavy (non-hydrogen) atoms. The first-order valence-electron chi connectivity index (χ1n) is 13.8. The Hall–Kier alpha value is -1.50. The highest BCUT2D eigenvalue weighted by Gasteiger charge is 2.54. The summed E-state index contributed by atoms with van der Waals surface area (Å²) in [6.07, 6.45) is 8.58. The fourth-order valence-corrected chi connectivity index (χ4v) is 7.65. The van der Waals surface area contributed by atoms with Gasteiger partial charge in [0.2, 0.25) is 0 Å². The lowest BCUT2D eigenvalue weighted by Crippen LogP contribution is -2.49. The molecule has 3 aliphatic heterocycles. The van der Waals surface area contributed by atoms with E-state index < -0.39 is 0 Å². The topological polar surface area (TPSA) is 65.3 Å². The highest BCUT2D eigenvalue weighted by atomic mass is 16.6. The van der Waals surface area contributed by atoms with Crippen LogP contribution in [0.1, 0.15) is 70.4 Å². The van der Waals surface area contributed by atoms with Gasteiger partial charge in [-0.1, -0.05) is 20.8 Å². The molecule has 7 aliphatic rings. The van der Waals surface area contributed by atoms with E-state index in [1.54, 1.807) is 0 Å². The molecule has 4 saturated carbocycles. The van der Waals surface area contributed by atoms with Gasteiger partial charge in [0.15, 0.2) is 0 Å². The van der Waals surface area contributed by atoms with Crippen molar-refractivity contribution >= 4 is 0 Å². The molecule has 4 bridgehead atoms. The molecule has 0 N–H and O–H groups in total. The van der Waals surface area contributed by atoms with Gasteiger partial charge in [-0.05, 0) is 61.7 Å². The molecular formula is C29H40O6. The van der Waals surface area contributed by atoms with Gasteiger partial charge >= 0.3 is 0 Å². The Kier molecular flexibility index (Phi) is 5.35. The van der Waals surface area contributed by atoms with E-state index in [1.165, 1.54) is 49.7 Å². The second kappa shape index (κ2) is 8.26. The maximum Gasteiger partial charge on any atom is 0.134 e. The average molecular weight is 485 g/mol. The van der Waals surface area contributed by atoms with Gasteiger partial charge in [0.1, 0.15) is 55.4 Å². The summed E-state index contributed by atoms with van der Waals surface area (Å²) >= 11 is 0. The highest BCUT2D eigenvalue weighted by molar-refractivity contribution is 5.63. The van der Waals surface area contributed by atoms with Crippen molar-refractivity contribution in [3.05, 3.63) is 17.2 Å². The number of benzene rings is 1. The van der Waals surface area contributed by atoms with E-state index in [4.69, 9.17) is 28.4 Å². The van der Waals surface area contributed by atoms with E-state index >= 15 is 0 Å². The van der Waals surface area contributed by atoms with Crippen molar-refractivity contribution in [2.45, 2.75) is 88.4 Å². The Morgan fingerprint density at radius 3 is 1.66 bits per heavy atom. The van der Waals surface area contributed by atoms with Crippen LogP contribution in [0.4, 0.5) is 0 Å². The van der Waals surface area contributed by atoms with E-state index in [-0.39, 0.29) is 29.1 Å². The second-order valence-electron chi connectivity index (χ2n) is 13.2. The molecule has 0 amide bonds. The molecule has 0 radical (unpaired) electrons. The van der Waals surface area contributed by atoms with E-state index in [9.17, 15) is 0 Å². The Bertz CT molecular complexity index is 933. The number of ether oxygens (including phenoxy) is 6. The van der Waals surface area contributed by atoms with Crippen LogP contribution in [0.3, 0.4) is 0 Å². The third kappa shape index (κ3) is 4.55. The zero-order valence-corrected chi connectivity index (χ0v) is 21.5. The first-order chi connectivity index (χ1) is 16.9. The third-order valence-corrected chi connectivity index (χ3v) is 9.00. The zero-order valence-electron chi connectivity index (χ0n) is 21.5. The molecule has 0 aromatic heterocycles. The van der Waals surface area contributed by atoms with E-state index in [1.807, 2.05) is 0 Å². The molecule has 1 aromatic carbocycles. The first kappa shape index (κ1) is 22.7. The van der Waals surface area contributed by atoms with Crippen LogP contribution in [-0.4, -0.2) is 58.0 Å². The van der Waals surface area contributed by atoms with Gasteiger partial charge in [0.25, 0.3) is 0 Å². The lowest BCUT2D eigenvalue weighted by molar-refractivity contribution is -0.00793. The van der Waals surface area contributed by atoms with Crippen LogP contribution in [0.25, 0.3) is 0 Å². The zero-order chi connectivity index (χ0) is 23.8. The van der Waals surface area contributed by atoms with Crippen LogP contribution >= 0.6 is 0 Å². The average Bonchev–Trinajstić information content (AvgIpc) is 3.66. The first-order valence-corrected chi connectivity index (χ1v) is 13.8. The molecule has 6 heteroatoms. The van der Waals surface area contributed by atoms with Crippen molar-refractivity contribution in [3.63, 3.8) is 0 Å². The lowest BCUT2D eigenvalue weighted by atomic mass is 9.47. The monoisotopic (exact) mass is 484 g/mol. The Morgan fingerprint density at radius 1 is 0.743 bits per heavy atom.